The molecule has 0 aliphatic rings. The van der Waals surface area contributed by atoms with Gasteiger partial charge < -0.3 is 30.7 Å². The summed E-state index contributed by atoms with van der Waals surface area (Å²) in [5.74, 6) is 0.515. The van der Waals surface area contributed by atoms with Crippen molar-refractivity contribution in [3.63, 3.8) is 0 Å². The van der Waals surface area contributed by atoms with Crippen LogP contribution < -0.4 is 26.0 Å². The van der Waals surface area contributed by atoms with Crippen molar-refractivity contribution in [3.05, 3.63) is 47.5 Å². The van der Waals surface area contributed by atoms with Gasteiger partial charge in [-0.25, -0.2) is 0 Å². The Kier molecular flexibility index (Phi) is 7.31. The van der Waals surface area contributed by atoms with Gasteiger partial charge in [-0.2, -0.15) is 0 Å². The molecule has 2 aromatic carbocycles. The normalized spacial score (nSPS) is 11.4. The lowest BCUT2D eigenvalue weighted by Gasteiger charge is -2.20. The number of nitrogens with one attached hydrogen (secondary N) is 4. The van der Waals surface area contributed by atoms with Crippen LogP contribution in [0, 0.1) is 0 Å². The molecular weight excluding hydrogens is 344 g/mol. The third-order valence-electron chi connectivity index (χ3n) is 4.37. The van der Waals surface area contributed by atoms with Gasteiger partial charge >= 0.3 is 0 Å². The Morgan fingerprint density at radius 1 is 0.963 bits per heavy atom. The third-order valence-corrected chi connectivity index (χ3v) is 4.37. The minimum atomic E-state index is -0.682. The molecule has 0 spiro atoms. The standard InChI is InChI=1S/C20H28N4O3/c1-21-15-10-17(23-3)18(11-16(15)22-2)27-12-13-8-6-7-9-14(13)19(26-5)20(25)24-4/h6-11,19,21-23H,12H2,1-5H3,(H,24,25). The summed E-state index contributed by atoms with van der Waals surface area (Å²) in [4.78, 5) is 12.1. The van der Waals surface area contributed by atoms with E-state index in [0.29, 0.717) is 12.4 Å². The predicted octanol–water partition coefficient (Wildman–Crippen LogP) is 2.82. The minimum Gasteiger partial charge on any atom is -0.487 e. The van der Waals surface area contributed by atoms with Gasteiger partial charge in [0.2, 0.25) is 0 Å². The number of likely N-dealkylation sites (N-methyl/N-ethyl adjacent to an activating group) is 1. The second-order valence-electron chi connectivity index (χ2n) is 5.86. The summed E-state index contributed by atoms with van der Waals surface area (Å²) in [6.45, 7) is 0.309. The molecule has 0 aromatic heterocycles. The first-order valence-corrected chi connectivity index (χ1v) is 8.75. The molecule has 7 nitrogen and oxygen atoms in total. The largest absolute Gasteiger partial charge is 0.487 e. The summed E-state index contributed by atoms with van der Waals surface area (Å²) in [5.41, 5.74) is 4.43. The maximum Gasteiger partial charge on any atom is 0.253 e. The monoisotopic (exact) mass is 372 g/mol. The van der Waals surface area contributed by atoms with Gasteiger partial charge in [0.1, 0.15) is 12.4 Å². The fraction of sp³-hybridized carbons (Fsp3) is 0.350. The number of methoxy groups -OCH3 is 1. The second-order valence-corrected chi connectivity index (χ2v) is 5.86. The van der Waals surface area contributed by atoms with E-state index in [2.05, 4.69) is 21.3 Å². The number of ether oxygens (including phenoxy) is 2. The zero-order valence-corrected chi connectivity index (χ0v) is 16.5. The summed E-state index contributed by atoms with van der Waals surface area (Å²) in [7, 11) is 8.69. The lowest BCUT2D eigenvalue weighted by Crippen LogP contribution is -2.27. The first-order chi connectivity index (χ1) is 13.1. The molecule has 27 heavy (non-hydrogen) atoms. The van der Waals surface area contributed by atoms with E-state index in [9.17, 15) is 4.79 Å². The molecule has 0 bridgehead atoms. The van der Waals surface area contributed by atoms with Crippen molar-refractivity contribution < 1.29 is 14.3 Å². The fourth-order valence-electron chi connectivity index (χ4n) is 2.89. The number of carbonyl (C=O) groups is 1. The van der Waals surface area contributed by atoms with Crippen molar-refractivity contribution in [1.82, 2.24) is 5.32 Å². The summed E-state index contributed by atoms with van der Waals surface area (Å²) in [6.07, 6.45) is -0.682. The maximum absolute atomic E-state index is 12.1. The van der Waals surface area contributed by atoms with Gasteiger partial charge in [-0.05, 0) is 17.2 Å². The zero-order valence-electron chi connectivity index (χ0n) is 16.5. The molecule has 2 rings (SSSR count). The van der Waals surface area contributed by atoms with E-state index in [1.807, 2.05) is 57.5 Å². The molecule has 1 unspecified atom stereocenters. The van der Waals surface area contributed by atoms with Crippen molar-refractivity contribution in [3.8, 4) is 5.75 Å². The van der Waals surface area contributed by atoms with Crippen LogP contribution in [0.25, 0.3) is 0 Å². The van der Waals surface area contributed by atoms with Gasteiger partial charge in [0.05, 0.1) is 17.1 Å². The molecule has 0 saturated heterocycles. The van der Waals surface area contributed by atoms with Gasteiger partial charge in [-0.3, -0.25) is 4.79 Å². The zero-order chi connectivity index (χ0) is 19.8. The van der Waals surface area contributed by atoms with Crippen molar-refractivity contribution in [2.45, 2.75) is 12.7 Å². The number of benzene rings is 2. The lowest BCUT2D eigenvalue weighted by molar-refractivity contribution is -0.130. The van der Waals surface area contributed by atoms with Crippen LogP contribution in [0.4, 0.5) is 17.1 Å². The molecule has 4 N–H and O–H groups in total. The lowest BCUT2D eigenvalue weighted by atomic mass is 10.0. The van der Waals surface area contributed by atoms with Gasteiger partial charge in [0, 0.05) is 41.4 Å². The Bertz CT molecular complexity index is 780. The molecule has 0 heterocycles. The summed E-state index contributed by atoms with van der Waals surface area (Å²) in [6, 6.07) is 11.5. The number of carbonyl (C=O) groups excluding carboxylic acids is 1. The van der Waals surface area contributed by atoms with Crippen molar-refractivity contribution in [2.24, 2.45) is 0 Å². The van der Waals surface area contributed by atoms with Crippen molar-refractivity contribution in [1.29, 1.82) is 0 Å². The molecule has 0 saturated carbocycles. The number of rotatable bonds is 9. The first-order valence-electron chi connectivity index (χ1n) is 8.75. The number of anilines is 3. The van der Waals surface area contributed by atoms with E-state index < -0.39 is 6.10 Å². The Balaban J connectivity index is 2.31. The van der Waals surface area contributed by atoms with Crippen molar-refractivity contribution in [2.75, 3.05) is 51.3 Å². The highest BCUT2D eigenvalue weighted by Gasteiger charge is 2.22. The summed E-state index contributed by atoms with van der Waals surface area (Å²) < 4.78 is 11.5. The average Bonchev–Trinajstić information content (AvgIpc) is 2.72. The highest BCUT2D eigenvalue weighted by Crippen LogP contribution is 2.35. The molecule has 7 heteroatoms. The second kappa shape index (κ2) is 9.68. The number of hydrogen-bond acceptors (Lipinski definition) is 6. The highest BCUT2D eigenvalue weighted by molar-refractivity contribution is 5.82. The third kappa shape index (κ3) is 4.62. The smallest absolute Gasteiger partial charge is 0.253 e. The SMILES string of the molecule is CNC(=O)C(OC)c1ccccc1COc1cc(NC)c(NC)cc1NC. The summed E-state index contributed by atoms with van der Waals surface area (Å²) in [5, 5.41) is 12.1. The van der Waals surface area contributed by atoms with E-state index >= 15 is 0 Å². The molecule has 0 fully saturated rings. The summed E-state index contributed by atoms with van der Waals surface area (Å²) >= 11 is 0. The van der Waals surface area contributed by atoms with Crippen LogP contribution in [0.2, 0.25) is 0 Å². The Morgan fingerprint density at radius 2 is 1.59 bits per heavy atom. The topological polar surface area (TPSA) is 83.7 Å². The van der Waals surface area contributed by atoms with E-state index in [-0.39, 0.29) is 5.91 Å². The molecular formula is C20H28N4O3. The molecule has 146 valence electrons. The van der Waals surface area contributed by atoms with Gasteiger partial charge in [0.15, 0.2) is 6.10 Å². The van der Waals surface area contributed by atoms with Crippen LogP contribution in [-0.4, -0.2) is 41.2 Å². The van der Waals surface area contributed by atoms with E-state index in [1.165, 1.54) is 7.11 Å². The molecule has 2 aromatic rings. The number of hydrogen-bond donors (Lipinski definition) is 4. The van der Waals surface area contributed by atoms with Gasteiger partial charge in [-0.15, -0.1) is 0 Å². The van der Waals surface area contributed by atoms with E-state index in [4.69, 9.17) is 9.47 Å². The van der Waals surface area contributed by atoms with Crippen LogP contribution in [0.3, 0.4) is 0 Å². The van der Waals surface area contributed by atoms with Gasteiger partial charge in [-0.1, -0.05) is 24.3 Å². The highest BCUT2D eigenvalue weighted by atomic mass is 16.5. The maximum atomic E-state index is 12.1. The van der Waals surface area contributed by atoms with E-state index in [1.54, 1.807) is 7.05 Å². The van der Waals surface area contributed by atoms with Crippen LogP contribution in [0.15, 0.2) is 36.4 Å². The Hall–Kier alpha value is -2.93. The Labute approximate surface area is 160 Å². The quantitative estimate of drug-likeness (QED) is 0.542. The number of amides is 1. The van der Waals surface area contributed by atoms with Crippen LogP contribution >= 0.6 is 0 Å². The van der Waals surface area contributed by atoms with Crippen molar-refractivity contribution >= 4 is 23.0 Å². The first kappa shape index (κ1) is 20.4. The average molecular weight is 372 g/mol. The van der Waals surface area contributed by atoms with Crippen LogP contribution in [0.5, 0.6) is 5.75 Å². The van der Waals surface area contributed by atoms with Crippen LogP contribution in [-0.2, 0) is 16.1 Å². The molecule has 1 atom stereocenters. The molecule has 0 aliphatic carbocycles. The minimum absolute atomic E-state index is 0.197. The van der Waals surface area contributed by atoms with E-state index in [0.717, 1.165) is 28.2 Å². The molecule has 0 radical (unpaired) electrons. The molecule has 1 amide bonds. The van der Waals surface area contributed by atoms with Crippen LogP contribution in [0.1, 0.15) is 17.2 Å². The fourth-order valence-corrected chi connectivity index (χ4v) is 2.89. The molecule has 0 aliphatic heterocycles. The Morgan fingerprint density at radius 3 is 2.19 bits per heavy atom. The van der Waals surface area contributed by atoms with Gasteiger partial charge in [0.25, 0.3) is 5.91 Å². The predicted molar refractivity (Wildman–Crippen MR) is 110 cm³/mol.